The minimum atomic E-state index is -0.500. The van der Waals surface area contributed by atoms with Crippen molar-refractivity contribution in [2.24, 2.45) is 5.73 Å². The topological polar surface area (TPSA) is 106 Å². The van der Waals surface area contributed by atoms with Gasteiger partial charge in [0.25, 0.3) is 5.91 Å². The quantitative estimate of drug-likeness (QED) is 0.819. The van der Waals surface area contributed by atoms with Gasteiger partial charge in [-0.1, -0.05) is 0 Å². The predicted octanol–water partition coefficient (Wildman–Crippen LogP) is 0.0740. The average molecular weight is 305 g/mol. The van der Waals surface area contributed by atoms with Crippen LogP contribution in [0.15, 0.2) is 18.3 Å². The van der Waals surface area contributed by atoms with Crippen LogP contribution in [0.25, 0.3) is 0 Å². The maximum absolute atomic E-state index is 12.6. The number of nitrogens with zero attached hydrogens (tertiary/aromatic N) is 3. The zero-order valence-electron chi connectivity index (χ0n) is 13.0. The number of nitrogens with two attached hydrogens (primary N) is 2. The molecule has 0 unspecified atom stereocenters. The number of aromatic nitrogens is 1. The Morgan fingerprint density at radius 2 is 2.05 bits per heavy atom. The predicted molar refractivity (Wildman–Crippen MR) is 84.0 cm³/mol. The van der Waals surface area contributed by atoms with E-state index < -0.39 is 6.04 Å². The van der Waals surface area contributed by atoms with Crippen molar-refractivity contribution < 1.29 is 9.59 Å². The van der Waals surface area contributed by atoms with E-state index in [0.29, 0.717) is 37.4 Å². The number of anilines is 1. The number of carbonyl (C=O) groups excluding carboxylic acids is 2. The van der Waals surface area contributed by atoms with Crippen LogP contribution in [0.1, 0.15) is 30.6 Å². The summed E-state index contributed by atoms with van der Waals surface area (Å²) < 4.78 is 0. The van der Waals surface area contributed by atoms with Gasteiger partial charge in [0.05, 0.1) is 5.56 Å². The van der Waals surface area contributed by atoms with Crippen molar-refractivity contribution in [3.05, 3.63) is 23.9 Å². The van der Waals surface area contributed by atoms with Crippen LogP contribution in [0, 0.1) is 0 Å². The van der Waals surface area contributed by atoms with E-state index >= 15 is 0 Å². The highest BCUT2D eigenvalue weighted by molar-refractivity contribution is 5.98. The van der Waals surface area contributed by atoms with E-state index in [1.165, 1.54) is 6.20 Å². The lowest BCUT2D eigenvalue weighted by Gasteiger charge is -2.28. The molecule has 1 aliphatic heterocycles. The largest absolute Gasteiger partial charge is 0.384 e. The second kappa shape index (κ2) is 6.74. The van der Waals surface area contributed by atoms with Gasteiger partial charge in [-0.2, -0.15) is 0 Å². The molecule has 0 aromatic carbocycles. The maximum atomic E-state index is 12.6. The molecule has 2 heterocycles. The first-order chi connectivity index (χ1) is 10.5. The van der Waals surface area contributed by atoms with Crippen LogP contribution in [0.4, 0.5) is 5.82 Å². The molecular formula is C15H23N5O2. The van der Waals surface area contributed by atoms with Crippen LogP contribution >= 0.6 is 0 Å². The molecule has 1 saturated heterocycles. The van der Waals surface area contributed by atoms with Gasteiger partial charge in [0.2, 0.25) is 5.91 Å². The first-order valence-corrected chi connectivity index (χ1v) is 7.54. The zero-order chi connectivity index (χ0) is 16.3. The Morgan fingerprint density at radius 1 is 1.36 bits per heavy atom. The van der Waals surface area contributed by atoms with Gasteiger partial charge in [0.15, 0.2) is 0 Å². The number of rotatable bonds is 4. The molecule has 7 nitrogen and oxygen atoms in total. The molecule has 1 aromatic heterocycles. The average Bonchev–Trinajstić information content (AvgIpc) is 2.90. The first-order valence-electron chi connectivity index (χ1n) is 7.54. The van der Waals surface area contributed by atoms with Crippen LogP contribution in [0.3, 0.4) is 0 Å². The molecule has 0 bridgehead atoms. The number of likely N-dealkylation sites (tertiary alicyclic amines) is 1. The molecule has 0 radical (unpaired) electrons. The molecule has 7 heteroatoms. The molecule has 0 spiro atoms. The molecule has 2 rings (SSSR count). The molecule has 1 fully saturated rings. The number of nitrogen functional groups attached to an aromatic ring is 1. The monoisotopic (exact) mass is 305 g/mol. The highest BCUT2D eigenvalue weighted by Crippen LogP contribution is 2.21. The molecule has 22 heavy (non-hydrogen) atoms. The minimum Gasteiger partial charge on any atom is -0.384 e. The smallest absolute Gasteiger partial charge is 0.256 e. The Morgan fingerprint density at radius 3 is 2.59 bits per heavy atom. The van der Waals surface area contributed by atoms with Crippen LogP contribution in [0.2, 0.25) is 0 Å². The van der Waals surface area contributed by atoms with Crippen molar-refractivity contribution >= 4 is 17.6 Å². The van der Waals surface area contributed by atoms with Gasteiger partial charge < -0.3 is 21.3 Å². The summed E-state index contributed by atoms with van der Waals surface area (Å²) >= 11 is 0. The SMILES string of the molecule is CCN(CC)C(=O)[C@@H]1C[C@@H](N)CN1C(=O)c1ccc(N)nc1. The number of likely N-dealkylation sites (N-methyl/N-ethyl adjacent to an activating group) is 1. The fourth-order valence-electron chi connectivity index (χ4n) is 2.77. The van der Waals surface area contributed by atoms with Gasteiger partial charge in [0, 0.05) is 31.9 Å². The van der Waals surface area contributed by atoms with Gasteiger partial charge in [-0.05, 0) is 32.4 Å². The number of pyridine rings is 1. The summed E-state index contributed by atoms with van der Waals surface area (Å²) in [7, 11) is 0. The van der Waals surface area contributed by atoms with E-state index in [2.05, 4.69) is 4.98 Å². The van der Waals surface area contributed by atoms with Gasteiger partial charge >= 0.3 is 0 Å². The fraction of sp³-hybridized carbons (Fsp3) is 0.533. The van der Waals surface area contributed by atoms with Crippen molar-refractivity contribution in [1.29, 1.82) is 0 Å². The van der Waals surface area contributed by atoms with Gasteiger partial charge in [-0.15, -0.1) is 0 Å². The minimum absolute atomic E-state index is 0.0466. The van der Waals surface area contributed by atoms with Crippen molar-refractivity contribution in [2.75, 3.05) is 25.4 Å². The highest BCUT2D eigenvalue weighted by atomic mass is 16.2. The van der Waals surface area contributed by atoms with E-state index in [1.54, 1.807) is 21.9 Å². The Bertz CT molecular complexity index is 541. The third-order valence-corrected chi connectivity index (χ3v) is 3.99. The molecular weight excluding hydrogens is 282 g/mol. The third kappa shape index (κ3) is 3.19. The van der Waals surface area contributed by atoms with Crippen molar-refractivity contribution in [3.8, 4) is 0 Å². The summed E-state index contributed by atoms with van der Waals surface area (Å²) in [5.41, 5.74) is 11.9. The standard InChI is InChI=1S/C15H23N5O2/c1-3-19(4-2)15(22)12-7-11(16)9-20(12)14(21)10-5-6-13(17)18-8-10/h5-6,8,11-12H,3-4,7,9,16H2,1-2H3,(H2,17,18)/t11-,12+/m1/s1. The van der Waals surface area contributed by atoms with Crippen molar-refractivity contribution in [3.63, 3.8) is 0 Å². The van der Waals surface area contributed by atoms with E-state index in [-0.39, 0.29) is 17.9 Å². The lowest BCUT2D eigenvalue weighted by Crippen LogP contribution is -2.47. The van der Waals surface area contributed by atoms with Crippen molar-refractivity contribution in [1.82, 2.24) is 14.8 Å². The fourth-order valence-corrected chi connectivity index (χ4v) is 2.77. The summed E-state index contributed by atoms with van der Waals surface area (Å²) in [5.74, 6) is 0.0751. The Hall–Kier alpha value is -2.15. The summed E-state index contributed by atoms with van der Waals surface area (Å²) in [5, 5.41) is 0. The Balaban J connectivity index is 2.21. The molecule has 2 atom stereocenters. The van der Waals surface area contributed by atoms with Crippen LogP contribution < -0.4 is 11.5 Å². The van der Waals surface area contributed by atoms with E-state index in [1.807, 2.05) is 13.8 Å². The summed E-state index contributed by atoms with van der Waals surface area (Å²) in [6, 6.07) is 2.51. The Labute approximate surface area is 130 Å². The Kier molecular flexibility index (Phi) is 4.97. The third-order valence-electron chi connectivity index (χ3n) is 3.99. The van der Waals surface area contributed by atoms with Gasteiger partial charge in [-0.3, -0.25) is 9.59 Å². The van der Waals surface area contributed by atoms with Crippen LogP contribution in [0.5, 0.6) is 0 Å². The second-order valence-electron chi connectivity index (χ2n) is 5.45. The molecule has 0 aliphatic carbocycles. The normalized spacial score (nSPS) is 21.0. The number of hydrogen-bond acceptors (Lipinski definition) is 5. The van der Waals surface area contributed by atoms with Gasteiger partial charge in [0.1, 0.15) is 11.9 Å². The van der Waals surface area contributed by atoms with E-state index in [4.69, 9.17) is 11.5 Å². The van der Waals surface area contributed by atoms with Crippen molar-refractivity contribution in [2.45, 2.75) is 32.4 Å². The van der Waals surface area contributed by atoms with Gasteiger partial charge in [-0.25, -0.2) is 4.98 Å². The van der Waals surface area contributed by atoms with E-state index in [0.717, 1.165) is 0 Å². The first kappa shape index (κ1) is 16.2. The summed E-state index contributed by atoms with van der Waals surface area (Å²) in [6.07, 6.45) is 1.92. The lowest BCUT2D eigenvalue weighted by molar-refractivity contribution is -0.134. The van der Waals surface area contributed by atoms with Crippen LogP contribution in [-0.4, -0.2) is 58.3 Å². The molecule has 1 aromatic rings. The maximum Gasteiger partial charge on any atom is 0.256 e. The number of hydrogen-bond donors (Lipinski definition) is 2. The zero-order valence-corrected chi connectivity index (χ0v) is 13.0. The number of amides is 2. The summed E-state index contributed by atoms with van der Waals surface area (Å²) in [6.45, 7) is 5.46. The molecule has 1 aliphatic rings. The number of carbonyl (C=O) groups is 2. The lowest BCUT2D eigenvalue weighted by atomic mass is 10.1. The van der Waals surface area contributed by atoms with E-state index in [9.17, 15) is 9.59 Å². The van der Waals surface area contributed by atoms with Crippen LogP contribution in [-0.2, 0) is 4.79 Å². The molecule has 2 amide bonds. The highest BCUT2D eigenvalue weighted by Gasteiger charge is 2.39. The molecule has 0 saturated carbocycles. The second-order valence-corrected chi connectivity index (χ2v) is 5.45. The molecule has 120 valence electrons. The molecule has 4 N–H and O–H groups in total. The summed E-state index contributed by atoms with van der Waals surface area (Å²) in [4.78, 5) is 32.4.